The first-order valence-electron chi connectivity index (χ1n) is 5.93. The molecule has 0 aromatic rings. The van der Waals surface area contributed by atoms with Gasteiger partial charge in [-0.25, -0.2) is 0 Å². The van der Waals surface area contributed by atoms with E-state index in [2.05, 4.69) is 26.1 Å². The standard InChI is InChI=1S/C12H25N/c1-4-12(3,5-2)11-7-6-9-13-10-8-11/h11,13H,4-10H2,1-3H3. The van der Waals surface area contributed by atoms with Gasteiger partial charge in [-0.3, -0.25) is 0 Å². The van der Waals surface area contributed by atoms with Crippen LogP contribution in [-0.4, -0.2) is 13.1 Å². The van der Waals surface area contributed by atoms with E-state index in [4.69, 9.17) is 0 Å². The lowest BCUT2D eigenvalue weighted by Gasteiger charge is -2.35. The Kier molecular flexibility index (Phi) is 4.24. The summed E-state index contributed by atoms with van der Waals surface area (Å²) in [4.78, 5) is 0. The van der Waals surface area contributed by atoms with Gasteiger partial charge in [0.05, 0.1) is 0 Å². The molecule has 0 radical (unpaired) electrons. The molecule has 1 aliphatic heterocycles. The summed E-state index contributed by atoms with van der Waals surface area (Å²) >= 11 is 0. The molecule has 1 fully saturated rings. The number of hydrogen-bond acceptors (Lipinski definition) is 1. The van der Waals surface area contributed by atoms with Gasteiger partial charge in [-0.05, 0) is 43.7 Å². The highest BCUT2D eigenvalue weighted by Gasteiger charge is 2.30. The zero-order valence-electron chi connectivity index (χ0n) is 9.53. The van der Waals surface area contributed by atoms with Crippen LogP contribution in [0.25, 0.3) is 0 Å². The summed E-state index contributed by atoms with van der Waals surface area (Å²) in [5.41, 5.74) is 0.603. The zero-order valence-corrected chi connectivity index (χ0v) is 9.53. The van der Waals surface area contributed by atoms with Gasteiger partial charge in [0.25, 0.3) is 0 Å². The van der Waals surface area contributed by atoms with Gasteiger partial charge in [0.15, 0.2) is 0 Å². The van der Waals surface area contributed by atoms with Gasteiger partial charge >= 0.3 is 0 Å². The van der Waals surface area contributed by atoms with E-state index in [1.807, 2.05) is 0 Å². The van der Waals surface area contributed by atoms with Crippen LogP contribution in [0, 0.1) is 11.3 Å². The van der Waals surface area contributed by atoms with E-state index in [1.165, 1.54) is 45.2 Å². The third kappa shape index (κ3) is 2.70. The lowest BCUT2D eigenvalue weighted by atomic mass is 9.70. The number of nitrogens with one attached hydrogen (secondary N) is 1. The maximum atomic E-state index is 3.50. The first-order chi connectivity index (χ1) is 6.23. The van der Waals surface area contributed by atoms with Crippen molar-refractivity contribution >= 4 is 0 Å². The van der Waals surface area contributed by atoms with Gasteiger partial charge < -0.3 is 5.32 Å². The molecular weight excluding hydrogens is 158 g/mol. The second-order valence-electron chi connectivity index (χ2n) is 4.74. The summed E-state index contributed by atoms with van der Waals surface area (Å²) in [7, 11) is 0. The first kappa shape index (κ1) is 11.0. The molecule has 1 N–H and O–H groups in total. The Balaban J connectivity index is 2.55. The van der Waals surface area contributed by atoms with E-state index >= 15 is 0 Å². The normalized spacial score (nSPS) is 25.6. The zero-order chi connectivity index (χ0) is 9.73. The Bertz CT molecular complexity index is 130. The van der Waals surface area contributed by atoms with Crippen molar-refractivity contribution < 1.29 is 0 Å². The summed E-state index contributed by atoms with van der Waals surface area (Å²) in [6.45, 7) is 9.65. The number of hydrogen-bond donors (Lipinski definition) is 1. The molecule has 1 aliphatic rings. The molecule has 0 bridgehead atoms. The van der Waals surface area contributed by atoms with E-state index in [-0.39, 0.29) is 0 Å². The highest BCUT2D eigenvalue weighted by molar-refractivity contribution is 4.82. The molecule has 1 heteroatoms. The van der Waals surface area contributed by atoms with E-state index in [0.29, 0.717) is 5.41 Å². The number of rotatable bonds is 3. The molecule has 0 spiro atoms. The molecule has 78 valence electrons. The largest absolute Gasteiger partial charge is 0.317 e. The van der Waals surface area contributed by atoms with Crippen molar-refractivity contribution in [1.29, 1.82) is 0 Å². The van der Waals surface area contributed by atoms with Gasteiger partial charge in [0.1, 0.15) is 0 Å². The van der Waals surface area contributed by atoms with Crippen LogP contribution in [-0.2, 0) is 0 Å². The molecule has 0 saturated carbocycles. The average molecular weight is 183 g/mol. The van der Waals surface area contributed by atoms with E-state index in [0.717, 1.165) is 5.92 Å². The van der Waals surface area contributed by atoms with Gasteiger partial charge in [-0.15, -0.1) is 0 Å². The third-order valence-electron chi connectivity index (χ3n) is 4.18. The predicted octanol–water partition coefficient (Wildman–Crippen LogP) is 3.20. The lowest BCUT2D eigenvalue weighted by molar-refractivity contribution is 0.153. The maximum absolute atomic E-state index is 3.50. The molecule has 1 unspecified atom stereocenters. The predicted molar refractivity (Wildman–Crippen MR) is 58.9 cm³/mol. The Labute approximate surface area is 83.3 Å². The Morgan fingerprint density at radius 1 is 1.15 bits per heavy atom. The van der Waals surface area contributed by atoms with Crippen LogP contribution in [0.15, 0.2) is 0 Å². The van der Waals surface area contributed by atoms with Crippen LogP contribution in [0.4, 0.5) is 0 Å². The average Bonchev–Trinajstić information content (AvgIpc) is 2.45. The quantitative estimate of drug-likeness (QED) is 0.708. The van der Waals surface area contributed by atoms with Crippen LogP contribution >= 0.6 is 0 Å². The van der Waals surface area contributed by atoms with Crippen molar-refractivity contribution in [3.05, 3.63) is 0 Å². The molecule has 1 nitrogen and oxygen atoms in total. The van der Waals surface area contributed by atoms with Crippen molar-refractivity contribution in [1.82, 2.24) is 5.32 Å². The molecule has 13 heavy (non-hydrogen) atoms. The lowest BCUT2D eigenvalue weighted by Crippen LogP contribution is -2.27. The molecule has 1 rings (SSSR count). The highest BCUT2D eigenvalue weighted by Crippen LogP contribution is 2.39. The Morgan fingerprint density at radius 3 is 2.46 bits per heavy atom. The van der Waals surface area contributed by atoms with Gasteiger partial charge in [-0.2, -0.15) is 0 Å². The molecule has 0 aromatic heterocycles. The molecule has 0 amide bonds. The molecule has 0 aromatic carbocycles. The van der Waals surface area contributed by atoms with Crippen molar-refractivity contribution in [2.24, 2.45) is 11.3 Å². The fourth-order valence-corrected chi connectivity index (χ4v) is 2.54. The van der Waals surface area contributed by atoms with Crippen LogP contribution in [0.5, 0.6) is 0 Å². The Hall–Kier alpha value is -0.0400. The van der Waals surface area contributed by atoms with Gasteiger partial charge in [0.2, 0.25) is 0 Å². The van der Waals surface area contributed by atoms with Crippen LogP contribution in [0.1, 0.15) is 52.9 Å². The molecule has 1 atom stereocenters. The SMILES string of the molecule is CCC(C)(CC)C1CCCNCC1. The summed E-state index contributed by atoms with van der Waals surface area (Å²) in [5.74, 6) is 0.956. The van der Waals surface area contributed by atoms with Crippen LogP contribution < -0.4 is 5.32 Å². The highest BCUT2D eigenvalue weighted by atomic mass is 14.9. The van der Waals surface area contributed by atoms with Gasteiger partial charge in [-0.1, -0.05) is 33.6 Å². The fraction of sp³-hybridized carbons (Fsp3) is 1.00. The van der Waals surface area contributed by atoms with Crippen molar-refractivity contribution in [2.45, 2.75) is 52.9 Å². The minimum atomic E-state index is 0.603. The summed E-state index contributed by atoms with van der Waals surface area (Å²) in [6, 6.07) is 0. The second kappa shape index (κ2) is 4.99. The summed E-state index contributed by atoms with van der Waals surface area (Å²) in [6.07, 6.45) is 6.88. The topological polar surface area (TPSA) is 12.0 Å². The van der Waals surface area contributed by atoms with Crippen molar-refractivity contribution in [3.63, 3.8) is 0 Å². The van der Waals surface area contributed by atoms with E-state index in [9.17, 15) is 0 Å². The van der Waals surface area contributed by atoms with Crippen molar-refractivity contribution in [2.75, 3.05) is 13.1 Å². The van der Waals surface area contributed by atoms with Gasteiger partial charge in [0, 0.05) is 0 Å². The molecule has 0 aliphatic carbocycles. The molecular formula is C12H25N. The van der Waals surface area contributed by atoms with Crippen LogP contribution in [0.2, 0.25) is 0 Å². The maximum Gasteiger partial charge on any atom is -0.00461 e. The smallest absolute Gasteiger partial charge is 0.00461 e. The third-order valence-corrected chi connectivity index (χ3v) is 4.18. The van der Waals surface area contributed by atoms with E-state index in [1.54, 1.807) is 0 Å². The second-order valence-corrected chi connectivity index (χ2v) is 4.74. The fourth-order valence-electron chi connectivity index (χ4n) is 2.54. The summed E-state index contributed by atoms with van der Waals surface area (Å²) < 4.78 is 0. The Morgan fingerprint density at radius 2 is 1.85 bits per heavy atom. The minimum absolute atomic E-state index is 0.603. The van der Waals surface area contributed by atoms with Crippen LogP contribution in [0.3, 0.4) is 0 Å². The van der Waals surface area contributed by atoms with E-state index < -0.39 is 0 Å². The molecule has 1 saturated heterocycles. The minimum Gasteiger partial charge on any atom is -0.317 e. The first-order valence-corrected chi connectivity index (χ1v) is 5.93. The van der Waals surface area contributed by atoms with Crippen molar-refractivity contribution in [3.8, 4) is 0 Å². The summed E-state index contributed by atoms with van der Waals surface area (Å²) in [5, 5.41) is 3.50. The molecule has 1 heterocycles. The monoisotopic (exact) mass is 183 g/mol.